The first-order valence-electron chi connectivity index (χ1n) is 9.63. The number of amides is 1. The van der Waals surface area contributed by atoms with Crippen LogP contribution in [0.15, 0.2) is 24.3 Å². The van der Waals surface area contributed by atoms with E-state index >= 15 is 0 Å². The van der Waals surface area contributed by atoms with E-state index in [0.717, 1.165) is 54.6 Å². The lowest BCUT2D eigenvalue weighted by atomic mass is 10.1. The van der Waals surface area contributed by atoms with Crippen molar-refractivity contribution >= 4 is 22.6 Å². The molecule has 1 heterocycles. The molecule has 6 nitrogen and oxygen atoms in total. The number of rotatable bonds is 12. The molecule has 0 aliphatic heterocycles. The minimum absolute atomic E-state index is 0.0967. The van der Waals surface area contributed by atoms with Crippen LogP contribution in [-0.4, -0.2) is 42.0 Å². The standard InChI is InChI=1S/C20H30N4O2S/c1-4-6-12-24(13-10-19(25)21-11-5-2)20-22-18(23-27-20)15-16-8-7-9-17(14-16)26-3/h7-9,14H,4-6,10-13,15H2,1-3H3,(H,21,25). The Morgan fingerprint density at radius 3 is 2.85 bits per heavy atom. The van der Waals surface area contributed by atoms with Crippen molar-refractivity contribution in [1.82, 2.24) is 14.7 Å². The van der Waals surface area contributed by atoms with Gasteiger partial charge in [-0.3, -0.25) is 4.79 Å². The second kappa shape index (κ2) is 11.5. The molecule has 0 aliphatic carbocycles. The van der Waals surface area contributed by atoms with E-state index in [1.807, 2.05) is 18.2 Å². The van der Waals surface area contributed by atoms with Gasteiger partial charge in [0.05, 0.1) is 7.11 Å². The van der Waals surface area contributed by atoms with Gasteiger partial charge in [0, 0.05) is 44.0 Å². The molecule has 0 aliphatic rings. The van der Waals surface area contributed by atoms with E-state index in [1.54, 1.807) is 7.11 Å². The molecule has 0 radical (unpaired) electrons. The fraction of sp³-hybridized carbons (Fsp3) is 0.550. The minimum Gasteiger partial charge on any atom is -0.497 e. The van der Waals surface area contributed by atoms with Gasteiger partial charge in [-0.05, 0) is 30.5 Å². The quantitative estimate of drug-likeness (QED) is 0.599. The van der Waals surface area contributed by atoms with Crippen molar-refractivity contribution in [3.8, 4) is 5.75 Å². The highest BCUT2D eigenvalue weighted by Crippen LogP contribution is 2.21. The molecule has 0 fully saturated rings. The molecule has 1 aromatic heterocycles. The molecule has 1 aromatic carbocycles. The van der Waals surface area contributed by atoms with Crippen LogP contribution < -0.4 is 15.0 Å². The Morgan fingerprint density at radius 2 is 2.11 bits per heavy atom. The zero-order chi connectivity index (χ0) is 19.5. The van der Waals surface area contributed by atoms with E-state index in [0.29, 0.717) is 19.4 Å². The number of hydrogen-bond donors (Lipinski definition) is 1. The van der Waals surface area contributed by atoms with Crippen LogP contribution in [0.1, 0.15) is 50.9 Å². The van der Waals surface area contributed by atoms with E-state index in [9.17, 15) is 4.79 Å². The SMILES string of the molecule is CCCCN(CCC(=O)NCCC)c1nc(Cc2cccc(OC)c2)ns1. The zero-order valence-corrected chi connectivity index (χ0v) is 17.3. The summed E-state index contributed by atoms with van der Waals surface area (Å²) in [5, 5.41) is 3.83. The van der Waals surface area contributed by atoms with E-state index in [2.05, 4.69) is 34.5 Å². The number of carbonyl (C=O) groups is 1. The number of unbranched alkanes of at least 4 members (excludes halogenated alkanes) is 1. The maximum absolute atomic E-state index is 11.9. The fourth-order valence-corrected chi connectivity index (χ4v) is 3.39. The summed E-state index contributed by atoms with van der Waals surface area (Å²) >= 11 is 1.41. The van der Waals surface area contributed by atoms with Crippen molar-refractivity contribution in [3.05, 3.63) is 35.7 Å². The third-order valence-electron chi connectivity index (χ3n) is 4.19. The van der Waals surface area contributed by atoms with Gasteiger partial charge in [-0.2, -0.15) is 4.37 Å². The van der Waals surface area contributed by atoms with Crippen molar-refractivity contribution in [2.45, 2.75) is 46.0 Å². The number of nitrogens with zero attached hydrogens (tertiary/aromatic N) is 3. The lowest BCUT2D eigenvalue weighted by Crippen LogP contribution is -2.31. The van der Waals surface area contributed by atoms with Crippen molar-refractivity contribution < 1.29 is 9.53 Å². The van der Waals surface area contributed by atoms with Gasteiger partial charge in [-0.15, -0.1) is 0 Å². The van der Waals surface area contributed by atoms with E-state index in [-0.39, 0.29) is 5.91 Å². The highest BCUT2D eigenvalue weighted by atomic mass is 32.1. The summed E-state index contributed by atoms with van der Waals surface area (Å²) in [6.45, 7) is 6.52. The summed E-state index contributed by atoms with van der Waals surface area (Å²) in [6, 6.07) is 7.97. The topological polar surface area (TPSA) is 67.4 Å². The van der Waals surface area contributed by atoms with Crippen LogP contribution in [0.4, 0.5) is 5.13 Å². The first kappa shape index (κ1) is 21.2. The molecule has 0 bridgehead atoms. The normalized spacial score (nSPS) is 10.6. The first-order valence-corrected chi connectivity index (χ1v) is 10.4. The number of hydrogen-bond acceptors (Lipinski definition) is 6. The van der Waals surface area contributed by atoms with Crippen molar-refractivity contribution in [2.24, 2.45) is 0 Å². The van der Waals surface area contributed by atoms with Gasteiger partial charge in [-0.25, -0.2) is 4.98 Å². The third kappa shape index (κ3) is 7.17. The number of nitrogens with one attached hydrogen (secondary N) is 1. The first-order chi connectivity index (χ1) is 13.2. The molecule has 1 N–H and O–H groups in total. The van der Waals surface area contributed by atoms with Gasteiger partial charge in [0.1, 0.15) is 11.6 Å². The molecule has 2 aromatic rings. The zero-order valence-electron chi connectivity index (χ0n) is 16.5. The summed E-state index contributed by atoms with van der Waals surface area (Å²) in [5.41, 5.74) is 1.12. The maximum Gasteiger partial charge on any atom is 0.221 e. The van der Waals surface area contributed by atoms with Crippen LogP contribution >= 0.6 is 11.5 Å². The van der Waals surface area contributed by atoms with Crippen molar-refractivity contribution in [3.63, 3.8) is 0 Å². The predicted octanol–water partition coefficient (Wildman–Crippen LogP) is 3.66. The highest BCUT2D eigenvalue weighted by molar-refractivity contribution is 7.09. The number of ether oxygens (including phenoxy) is 1. The number of anilines is 1. The molecule has 27 heavy (non-hydrogen) atoms. The lowest BCUT2D eigenvalue weighted by molar-refractivity contribution is -0.120. The van der Waals surface area contributed by atoms with Gasteiger partial charge in [0.2, 0.25) is 11.0 Å². The summed E-state index contributed by atoms with van der Waals surface area (Å²) < 4.78 is 9.80. The lowest BCUT2D eigenvalue weighted by Gasteiger charge is -2.20. The number of aromatic nitrogens is 2. The van der Waals surface area contributed by atoms with Crippen LogP contribution in [0.3, 0.4) is 0 Å². The van der Waals surface area contributed by atoms with Gasteiger partial charge in [0.15, 0.2) is 0 Å². The van der Waals surface area contributed by atoms with Crippen molar-refractivity contribution in [1.29, 1.82) is 0 Å². The Labute approximate surface area is 166 Å². The smallest absolute Gasteiger partial charge is 0.221 e. The Morgan fingerprint density at radius 1 is 1.26 bits per heavy atom. The Balaban J connectivity index is 2.00. The fourth-order valence-electron chi connectivity index (χ4n) is 2.65. The Bertz CT molecular complexity index is 705. The molecule has 0 spiro atoms. The van der Waals surface area contributed by atoms with E-state index in [4.69, 9.17) is 9.72 Å². The molecule has 1 amide bonds. The van der Waals surface area contributed by atoms with Gasteiger partial charge in [0.25, 0.3) is 0 Å². The van der Waals surface area contributed by atoms with Crippen LogP contribution in [0.2, 0.25) is 0 Å². The van der Waals surface area contributed by atoms with Crippen LogP contribution in [-0.2, 0) is 11.2 Å². The summed E-state index contributed by atoms with van der Waals surface area (Å²) in [6.07, 6.45) is 4.28. The van der Waals surface area contributed by atoms with E-state index < -0.39 is 0 Å². The van der Waals surface area contributed by atoms with Gasteiger partial charge < -0.3 is 15.0 Å². The molecular weight excluding hydrogens is 360 g/mol. The molecular formula is C20H30N4O2S. The monoisotopic (exact) mass is 390 g/mol. The average Bonchev–Trinajstić information content (AvgIpc) is 3.14. The summed E-state index contributed by atoms with van der Waals surface area (Å²) in [4.78, 5) is 18.8. The molecule has 0 atom stereocenters. The third-order valence-corrected chi connectivity index (χ3v) is 5.00. The predicted molar refractivity (Wildman–Crippen MR) is 111 cm³/mol. The number of benzene rings is 1. The average molecular weight is 391 g/mol. The summed E-state index contributed by atoms with van der Waals surface area (Å²) in [5.74, 6) is 1.74. The van der Waals surface area contributed by atoms with Crippen LogP contribution in [0.25, 0.3) is 0 Å². The van der Waals surface area contributed by atoms with Gasteiger partial charge in [-0.1, -0.05) is 32.4 Å². The van der Waals surface area contributed by atoms with Gasteiger partial charge >= 0.3 is 0 Å². The van der Waals surface area contributed by atoms with Crippen LogP contribution in [0.5, 0.6) is 5.75 Å². The molecule has 7 heteroatoms. The number of methoxy groups -OCH3 is 1. The molecule has 148 valence electrons. The second-order valence-corrected chi connectivity index (χ2v) is 7.19. The van der Waals surface area contributed by atoms with E-state index in [1.165, 1.54) is 11.5 Å². The molecule has 0 saturated heterocycles. The Kier molecular flexibility index (Phi) is 9.04. The molecule has 2 rings (SSSR count). The number of carbonyl (C=O) groups excluding carboxylic acids is 1. The summed E-state index contributed by atoms with van der Waals surface area (Å²) in [7, 11) is 1.67. The highest BCUT2D eigenvalue weighted by Gasteiger charge is 2.14. The Hall–Kier alpha value is -2.15. The van der Waals surface area contributed by atoms with Crippen molar-refractivity contribution in [2.75, 3.05) is 31.6 Å². The largest absolute Gasteiger partial charge is 0.497 e. The minimum atomic E-state index is 0.0967. The maximum atomic E-state index is 11.9. The molecule has 0 saturated carbocycles. The molecule has 0 unspecified atom stereocenters. The van der Waals surface area contributed by atoms with Crippen LogP contribution in [0, 0.1) is 0 Å². The second-order valence-electron chi connectivity index (χ2n) is 6.46.